The van der Waals surface area contributed by atoms with E-state index < -0.39 is 17.6 Å². The molecule has 0 bridgehead atoms. The van der Waals surface area contributed by atoms with Gasteiger partial charge < -0.3 is 14.6 Å². The summed E-state index contributed by atoms with van der Waals surface area (Å²) in [6.45, 7) is 1.92. The van der Waals surface area contributed by atoms with Crippen LogP contribution in [0.1, 0.15) is 34.3 Å². The van der Waals surface area contributed by atoms with Crippen molar-refractivity contribution >= 4 is 5.91 Å². The molecule has 0 spiro atoms. The summed E-state index contributed by atoms with van der Waals surface area (Å²) in [4.78, 5) is 16.2. The normalized spacial score (nSPS) is 11.3. The van der Waals surface area contributed by atoms with Crippen LogP contribution in [0.4, 0.5) is 13.2 Å². The van der Waals surface area contributed by atoms with E-state index in [-0.39, 0.29) is 23.9 Å². The van der Waals surface area contributed by atoms with Gasteiger partial charge >= 0.3 is 6.18 Å². The van der Waals surface area contributed by atoms with Crippen LogP contribution < -0.4 is 10.1 Å². The number of carbonyl (C=O) groups is 1. The topological polar surface area (TPSA) is 77.2 Å². The van der Waals surface area contributed by atoms with Crippen molar-refractivity contribution in [1.29, 1.82) is 0 Å². The van der Waals surface area contributed by atoms with Crippen LogP contribution in [0.3, 0.4) is 0 Å². The molecule has 1 N–H and O–H groups in total. The summed E-state index contributed by atoms with van der Waals surface area (Å²) in [5, 5.41) is 6.33. The average Bonchev–Trinajstić information content (AvgIpc) is 3.16. The first kappa shape index (κ1) is 19.4. The first-order valence-corrected chi connectivity index (χ1v) is 8.39. The molecule has 2 aromatic heterocycles. The number of benzene rings is 1. The zero-order valence-electron chi connectivity index (χ0n) is 14.8. The monoisotopic (exact) mass is 391 g/mol. The lowest BCUT2D eigenvalue weighted by Crippen LogP contribution is -2.23. The molecule has 2 heterocycles. The third kappa shape index (κ3) is 4.67. The molecule has 0 fully saturated rings. The Hall–Kier alpha value is -3.36. The van der Waals surface area contributed by atoms with Crippen LogP contribution in [0.25, 0.3) is 0 Å². The highest BCUT2D eigenvalue weighted by molar-refractivity contribution is 5.92. The van der Waals surface area contributed by atoms with Crippen LogP contribution in [0, 0.1) is 0 Å². The van der Waals surface area contributed by atoms with E-state index in [1.165, 1.54) is 18.3 Å². The summed E-state index contributed by atoms with van der Waals surface area (Å²) in [6, 6.07) is 9.31. The van der Waals surface area contributed by atoms with Crippen molar-refractivity contribution < 1.29 is 27.2 Å². The summed E-state index contributed by atoms with van der Waals surface area (Å²) in [5.74, 6) is 0.221. The van der Waals surface area contributed by atoms with Crippen LogP contribution in [-0.4, -0.2) is 16.0 Å². The van der Waals surface area contributed by atoms with Crippen LogP contribution in [0.15, 0.2) is 53.2 Å². The van der Waals surface area contributed by atoms with Gasteiger partial charge in [-0.05, 0) is 24.3 Å². The molecule has 0 aliphatic rings. The zero-order chi connectivity index (χ0) is 20.1. The van der Waals surface area contributed by atoms with Crippen molar-refractivity contribution in [3.05, 3.63) is 71.2 Å². The Morgan fingerprint density at radius 2 is 2.04 bits per heavy atom. The number of nitrogens with one attached hydrogen (secondary N) is 1. The molecule has 0 radical (unpaired) electrons. The van der Waals surface area contributed by atoms with E-state index >= 15 is 0 Å². The maximum absolute atomic E-state index is 12.9. The number of pyridine rings is 1. The number of halogens is 3. The Labute approximate surface area is 158 Å². The molecule has 9 heteroatoms. The molecule has 0 aliphatic heterocycles. The lowest BCUT2D eigenvalue weighted by atomic mass is 10.2. The van der Waals surface area contributed by atoms with E-state index in [0.29, 0.717) is 17.7 Å². The maximum atomic E-state index is 12.9. The van der Waals surface area contributed by atoms with Gasteiger partial charge in [0.2, 0.25) is 5.88 Å². The Bertz CT molecular complexity index is 970. The highest BCUT2D eigenvalue weighted by atomic mass is 19.4. The fourth-order valence-electron chi connectivity index (χ4n) is 2.35. The minimum absolute atomic E-state index is 0.00908. The third-order valence-corrected chi connectivity index (χ3v) is 3.81. The van der Waals surface area contributed by atoms with Gasteiger partial charge in [0.15, 0.2) is 5.69 Å². The Morgan fingerprint density at radius 3 is 2.75 bits per heavy atom. The molecule has 0 atom stereocenters. The third-order valence-electron chi connectivity index (χ3n) is 3.81. The smallest absolute Gasteiger partial charge is 0.416 e. The van der Waals surface area contributed by atoms with Gasteiger partial charge in [-0.15, -0.1) is 0 Å². The largest absolute Gasteiger partial charge is 0.439 e. The minimum atomic E-state index is -4.48. The molecular weight excluding hydrogens is 375 g/mol. The lowest BCUT2D eigenvalue weighted by Gasteiger charge is -2.12. The molecule has 1 amide bonds. The number of nitrogens with zero attached hydrogens (tertiary/aromatic N) is 2. The van der Waals surface area contributed by atoms with Crippen molar-refractivity contribution in [2.45, 2.75) is 26.1 Å². The van der Waals surface area contributed by atoms with Crippen LogP contribution >= 0.6 is 0 Å². The van der Waals surface area contributed by atoms with Crippen molar-refractivity contribution in [3.8, 4) is 11.6 Å². The molecule has 0 saturated heterocycles. The SMILES string of the molecule is CCc1cc(C(=O)NCc2cccnc2Oc2cccc(C(F)(F)F)c2)no1. The quantitative estimate of drug-likeness (QED) is 0.675. The molecular formula is C19H16F3N3O3. The standard InChI is InChI=1S/C19H16F3N3O3/c1-2-14-10-16(25-28-14)17(26)24-11-12-5-4-8-23-18(12)27-15-7-3-6-13(9-15)19(20,21)22/h3-10H,2,11H2,1H3,(H,24,26). The van der Waals surface area contributed by atoms with Gasteiger partial charge in [-0.1, -0.05) is 24.2 Å². The summed E-state index contributed by atoms with van der Waals surface area (Å²) in [7, 11) is 0. The zero-order valence-corrected chi connectivity index (χ0v) is 14.8. The van der Waals surface area contributed by atoms with Crippen LogP contribution in [-0.2, 0) is 19.1 Å². The molecule has 0 aliphatic carbocycles. The Kier molecular flexibility index (Phi) is 5.62. The van der Waals surface area contributed by atoms with Gasteiger partial charge in [0, 0.05) is 30.8 Å². The van der Waals surface area contributed by atoms with Crippen molar-refractivity contribution in [2.24, 2.45) is 0 Å². The van der Waals surface area contributed by atoms with E-state index in [2.05, 4.69) is 15.5 Å². The average molecular weight is 391 g/mol. The van der Waals surface area contributed by atoms with Gasteiger partial charge in [-0.2, -0.15) is 13.2 Å². The molecule has 146 valence electrons. The van der Waals surface area contributed by atoms with Crippen molar-refractivity contribution in [1.82, 2.24) is 15.5 Å². The number of aryl methyl sites for hydroxylation is 1. The molecule has 28 heavy (non-hydrogen) atoms. The summed E-state index contributed by atoms with van der Waals surface area (Å²) < 4.78 is 49.1. The number of alkyl halides is 3. The van der Waals surface area contributed by atoms with Gasteiger partial charge in [-0.3, -0.25) is 4.79 Å². The predicted molar refractivity (Wildman–Crippen MR) is 92.8 cm³/mol. The van der Waals surface area contributed by atoms with Gasteiger partial charge in [0.1, 0.15) is 11.5 Å². The predicted octanol–water partition coefficient (Wildman–Crippen LogP) is 4.37. The molecule has 3 rings (SSSR count). The number of hydrogen-bond donors (Lipinski definition) is 1. The maximum Gasteiger partial charge on any atom is 0.416 e. The molecule has 6 nitrogen and oxygen atoms in total. The lowest BCUT2D eigenvalue weighted by molar-refractivity contribution is -0.137. The Morgan fingerprint density at radius 1 is 1.21 bits per heavy atom. The van der Waals surface area contributed by atoms with Crippen molar-refractivity contribution in [2.75, 3.05) is 0 Å². The minimum Gasteiger partial charge on any atom is -0.439 e. The van der Waals surface area contributed by atoms with Crippen molar-refractivity contribution in [3.63, 3.8) is 0 Å². The summed E-state index contributed by atoms with van der Waals surface area (Å²) in [6.07, 6.45) is -2.42. The first-order chi connectivity index (χ1) is 13.4. The van der Waals surface area contributed by atoms with E-state index in [9.17, 15) is 18.0 Å². The first-order valence-electron chi connectivity index (χ1n) is 8.39. The second kappa shape index (κ2) is 8.12. The number of ether oxygens (including phenoxy) is 1. The van der Waals surface area contributed by atoms with E-state index in [1.807, 2.05) is 6.92 Å². The van der Waals surface area contributed by atoms with Gasteiger partial charge in [0.25, 0.3) is 5.91 Å². The number of hydrogen-bond acceptors (Lipinski definition) is 5. The number of rotatable bonds is 6. The van der Waals surface area contributed by atoms with E-state index in [0.717, 1.165) is 12.1 Å². The molecule has 0 saturated carbocycles. The van der Waals surface area contributed by atoms with Crippen LogP contribution in [0.2, 0.25) is 0 Å². The highest BCUT2D eigenvalue weighted by Crippen LogP contribution is 2.32. The Balaban J connectivity index is 1.72. The fourth-order valence-corrected chi connectivity index (χ4v) is 2.35. The van der Waals surface area contributed by atoms with Gasteiger partial charge in [-0.25, -0.2) is 4.98 Å². The highest BCUT2D eigenvalue weighted by Gasteiger charge is 2.30. The molecule has 3 aromatic rings. The van der Waals surface area contributed by atoms with Gasteiger partial charge in [0.05, 0.1) is 5.56 Å². The second-order valence-electron chi connectivity index (χ2n) is 5.81. The summed E-state index contributed by atoms with van der Waals surface area (Å²) >= 11 is 0. The fraction of sp³-hybridized carbons (Fsp3) is 0.211. The number of carbonyl (C=O) groups excluding carboxylic acids is 1. The summed E-state index contributed by atoms with van der Waals surface area (Å²) in [5.41, 5.74) is -0.192. The van der Waals surface area contributed by atoms with E-state index in [4.69, 9.17) is 9.26 Å². The molecule has 0 unspecified atom stereocenters. The number of amides is 1. The van der Waals surface area contributed by atoms with Crippen LogP contribution in [0.5, 0.6) is 11.6 Å². The van der Waals surface area contributed by atoms with E-state index in [1.54, 1.807) is 18.2 Å². The second-order valence-corrected chi connectivity index (χ2v) is 5.81. The number of aromatic nitrogens is 2. The molecule has 1 aromatic carbocycles.